The second-order valence-electron chi connectivity index (χ2n) is 6.52. The van der Waals surface area contributed by atoms with Gasteiger partial charge in [0.25, 0.3) is 0 Å². The molecule has 1 heterocycles. The second kappa shape index (κ2) is 8.28. The number of aliphatic carboxylic acids is 1. The Morgan fingerprint density at radius 2 is 1.77 bits per heavy atom. The van der Waals surface area contributed by atoms with Crippen LogP contribution in [0.2, 0.25) is 0 Å². The minimum atomic E-state index is -1.14. The number of carbonyl (C=O) groups excluding carboxylic acids is 1. The molecule has 1 atom stereocenters. The van der Waals surface area contributed by atoms with Crippen LogP contribution in [0.25, 0.3) is 0 Å². The third-order valence-corrected chi connectivity index (χ3v) is 3.10. The molecule has 0 unspecified atom stereocenters. The molecule has 1 aromatic heterocycles. The monoisotopic (exact) mass is 359 g/mol. The van der Waals surface area contributed by atoms with Gasteiger partial charge in [-0.1, -0.05) is 12.1 Å². The van der Waals surface area contributed by atoms with Gasteiger partial charge in [-0.25, -0.2) is 19.6 Å². The van der Waals surface area contributed by atoms with E-state index in [4.69, 9.17) is 9.47 Å². The highest BCUT2D eigenvalue weighted by Crippen LogP contribution is 2.18. The summed E-state index contributed by atoms with van der Waals surface area (Å²) in [7, 11) is 0. The van der Waals surface area contributed by atoms with Gasteiger partial charge in [-0.15, -0.1) is 0 Å². The van der Waals surface area contributed by atoms with Crippen molar-refractivity contribution >= 4 is 12.1 Å². The molecule has 0 fully saturated rings. The maximum Gasteiger partial charge on any atom is 0.408 e. The number of rotatable bonds is 6. The topological polar surface area (TPSA) is 111 Å². The van der Waals surface area contributed by atoms with E-state index in [1.165, 1.54) is 0 Å². The van der Waals surface area contributed by atoms with E-state index in [0.29, 0.717) is 5.75 Å². The lowest BCUT2D eigenvalue weighted by molar-refractivity contribution is -0.139. The first-order chi connectivity index (χ1) is 12.2. The van der Waals surface area contributed by atoms with E-state index in [2.05, 4.69) is 15.3 Å². The number of carbonyl (C=O) groups is 2. The first kappa shape index (κ1) is 19.2. The minimum Gasteiger partial charge on any atom is -0.480 e. The van der Waals surface area contributed by atoms with Crippen molar-refractivity contribution in [3.05, 3.63) is 48.3 Å². The van der Waals surface area contributed by atoms with Crippen molar-refractivity contribution in [2.24, 2.45) is 0 Å². The zero-order valence-electron chi connectivity index (χ0n) is 14.8. The quantitative estimate of drug-likeness (QED) is 0.816. The molecule has 2 N–H and O–H groups in total. The van der Waals surface area contributed by atoms with Crippen LogP contribution in [0.15, 0.2) is 42.7 Å². The normalized spacial score (nSPS) is 12.1. The lowest BCUT2D eigenvalue weighted by atomic mass is 10.1. The zero-order chi connectivity index (χ0) is 19.2. The summed E-state index contributed by atoms with van der Waals surface area (Å²) in [6, 6.07) is 7.58. The fraction of sp³-hybridized carbons (Fsp3) is 0.333. The fourth-order valence-corrected chi connectivity index (χ4v) is 2.02. The third-order valence-electron chi connectivity index (χ3n) is 3.10. The molecule has 0 aliphatic carbocycles. The molecule has 0 aliphatic heterocycles. The van der Waals surface area contributed by atoms with Crippen LogP contribution in [-0.4, -0.2) is 38.8 Å². The molecule has 2 aromatic rings. The van der Waals surface area contributed by atoms with Gasteiger partial charge in [0.15, 0.2) is 0 Å². The Bertz CT molecular complexity index is 742. The molecule has 0 radical (unpaired) electrons. The molecule has 1 amide bonds. The SMILES string of the molecule is CC(C)(C)OC(=O)N[C@@H](Cc1ccc(Oc2ncccn2)cc1)C(=O)O. The van der Waals surface area contributed by atoms with Gasteiger partial charge in [-0.2, -0.15) is 0 Å². The number of nitrogens with one attached hydrogen (secondary N) is 1. The Kier molecular flexibility index (Phi) is 6.11. The van der Waals surface area contributed by atoms with Crippen molar-refractivity contribution in [3.63, 3.8) is 0 Å². The van der Waals surface area contributed by atoms with E-state index in [1.807, 2.05) is 0 Å². The van der Waals surface area contributed by atoms with Crippen LogP contribution in [0.3, 0.4) is 0 Å². The number of hydrogen-bond donors (Lipinski definition) is 2. The van der Waals surface area contributed by atoms with Gasteiger partial charge in [0.05, 0.1) is 0 Å². The van der Waals surface area contributed by atoms with Crippen LogP contribution in [0, 0.1) is 0 Å². The van der Waals surface area contributed by atoms with E-state index in [9.17, 15) is 14.7 Å². The maximum atomic E-state index is 11.8. The lowest BCUT2D eigenvalue weighted by Crippen LogP contribution is -2.44. The van der Waals surface area contributed by atoms with Gasteiger partial charge >= 0.3 is 18.1 Å². The standard InChI is InChI=1S/C18H21N3O5/c1-18(2,3)26-17(24)21-14(15(22)23)11-12-5-7-13(8-6-12)25-16-19-9-4-10-20-16/h4-10,14H,11H2,1-3H3,(H,21,24)(H,22,23)/t14-/m0/s1. The highest BCUT2D eigenvalue weighted by Gasteiger charge is 2.24. The van der Waals surface area contributed by atoms with Crippen molar-refractivity contribution in [2.45, 2.75) is 38.8 Å². The summed E-state index contributed by atoms with van der Waals surface area (Å²) in [4.78, 5) is 31.1. The molecule has 0 aliphatic rings. The number of ether oxygens (including phenoxy) is 2. The summed E-state index contributed by atoms with van der Waals surface area (Å²) < 4.78 is 10.6. The number of nitrogens with zero attached hydrogens (tertiary/aromatic N) is 2. The molecular formula is C18H21N3O5. The number of benzene rings is 1. The van der Waals surface area contributed by atoms with Crippen molar-refractivity contribution in [3.8, 4) is 11.8 Å². The van der Waals surface area contributed by atoms with Crippen LogP contribution in [0.5, 0.6) is 11.8 Å². The summed E-state index contributed by atoms with van der Waals surface area (Å²) in [5.41, 5.74) is 0.0147. The summed E-state index contributed by atoms with van der Waals surface area (Å²) in [5.74, 6) is -0.624. The third kappa shape index (κ3) is 6.39. The number of aromatic nitrogens is 2. The lowest BCUT2D eigenvalue weighted by Gasteiger charge is -2.22. The van der Waals surface area contributed by atoms with Crippen molar-refractivity contribution in [2.75, 3.05) is 0 Å². The molecule has 0 spiro atoms. The van der Waals surface area contributed by atoms with E-state index in [0.717, 1.165) is 5.56 Å². The number of hydrogen-bond acceptors (Lipinski definition) is 6. The Morgan fingerprint density at radius 1 is 1.15 bits per heavy atom. The zero-order valence-corrected chi connectivity index (χ0v) is 14.8. The smallest absolute Gasteiger partial charge is 0.408 e. The van der Waals surface area contributed by atoms with Gasteiger partial charge in [0, 0.05) is 18.8 Å². The van der Waals surface area contributed by atoms with Gasteiger partial charge in [-0.3, -0.25) is 0 Å². The van der Waals surface area contributed by atoms with Crippen LogP contribution < -0.4 is 10.1 Å². The highest BCUT2D eigenvalue weighted by atomic mass is 16.6. The average Bonchev–Trinajstić information content (AvgIpc) is 2.55. The molecular weight excluding hydrogens is 338 g/mol. The van der Waals surface area contributed by atoms with Crippen LogP contribution >= 0.6 is 0 Å². The van der Waals surface area contributed by atoms with Gasteiger partial charge in [-0.05, 0) is 44.5 Å². The molecule has 26 heavy (non-hydrogen) atoms. The summed E-state index contributed by atoms with van der Waals surface area (Å²) in [6.07, 6.45) is 2.47. The number of carboxylic acid groups (broad SMARTS) is 1. The summed E-state index contributed by atoms with van der Waals surface area (Å²) in [6.45, 7) is 5.12. The highest BCUT2D eigenvalue weighted by molar-refractivity contribution is 5.80. The summed E-state index contributed by atoms with van der Waals surface area (Å²) >= 11 is 0. The van der Waals surface area contributed by atoms with Gasteiger partial charge < -0.3 is 19.9 Å². The minimum absolute atomic E-state index is 0.108. The Morgan fingerprint density at radius 3 is 2.31 bits per heavy atom. The first-order valence-corrected chi connectivity index (χ1v) is 7.99. The molecule has 8 heteroatoms. The van der Waals surface area contributed by atoms with Gasteiger partial charge in [0.2, 0.25) is 0 Å². The predicted molar refractivity (Wildman–Crippen MR) is 93.0 cm³/mol. The first-order valence-electron chi connectivity index (χ1n) is 7.99. The number of carboxylic acids is 1. The molecule has 0 bridgehead atoms. The molecule has 1 aromatic carbocycles. The predicted octanol–water partition coefficient (Wildman–Crippen LogP) is 2.79. The van der Waals surface area contributed by atoms with Crippen LogP contribution in [-0.2, 0) is 16.0 Å². The van der Waals surface area contributed by atoms with Crippen molar-refractivity contribution in [1.82, 2.24) is 15.3 Å². The Labute approximate surface area is 151 Å². The van der Waals surface area contributed by atoms with E-state index >= 15 is 0 Å². The van der Waals surface area contributed by atoms with E-state index in [-0.39, 0.29) is 12.4 Å². The number of amides is 1. The van der Waals surface area contributed by atoms with E-state index < -0.39 is 23.7 Å². The number of alkyl carbamates (subject to hydrolysis) is 1. The Hall–Kier alpha value is -3.16. The van der Waals surface area contributed by atoms with E-state index in [1.54, 1.807) is 63.5 Å². The van der Waals surface area contributed by atoms with Crippen LogP contribution in [0.1, 0.15) is 26.3 Å². The van der Waals surface area contributed by atoms with Crippen molar-refractivity contribution in [1.29, 1.82) is 0 Å². The maximum absolute atomic E-state index is 11.8. The second-order valence-corrected chi connectivity index (χ2v) is 6.52. The van der Waals surface area contributed by atoms with Crippen molar-refractivity contribution < 1.29 is 24.2 Å². The average molecular weight is 359 g/mol. The Balaban J connectivity index is 1.98. The van der Waals surface area contributed by atoms with Crippen LogP contribution in [0.4, 0.5) is 4.79 Å². The molecule has 8 nitrogen and oxygen atoms in total. The molecule has 0 saturated heterocycles. The summed E-state index contributed by atoms with van der Waals surface area (Å²) in [5, 5.41) is 11.7. The molecule has 0 saturated carbocycles. The largest absolute Gasteiger partial charge is 0.480 e. The molecule has 138 valence electrons. The fourth-order valence-electron chi connectivity index (χ4n) is 2.02. The van der Waals surface area contributed by atoms with Gasteiger partial charge in [0.1, 0.15) is 17.4 Å². The molecule has 2 rings (SSSR count).